The molecule has 0 saturated carbocycles. The first kappa shape index (κ1) is 11.6. The predicted octanol–water partition coefficient (Wildman–Crippen LogP) is 1.42. The minimum Gasteiger partial charge on any atom is -0.408 e. The minimum atomic E-state index is -0.372. The highest BCUT2D eigenvalue weighted by Crippen LogP contribution is 2.30. The molecule has 0 fully saturated rings. The average molecular weight is 258 g/mol. The molecule has 2 N–H and O–H groups in total. The van der Waals surface area contributed by atoms with Crippen LogP contribution >= 0.6 is 0 Å². The Morgan fingerprint density at radius 2 is 2.05 bits per heavy atom. The lowest BCUT2D eigenvalue weighted by molar-refractivity contribution is 0.528. The third-order valence-electron chi connectivity index (χ3n) is 3.35. The maximum absolute atomic E-state index is 11.5. The van der Waals surface area contributed by atoms with Crippen LogP contribution in [-0.2, 0) is 14.1 Å². The van der Waals surface area contributed by atoms with Gasteiger partial charge in [0.05, 0.1) is 11.2 Å². The van der Waals surface area contributed by atoms with E-state index >= 15 is 0 Å². The summed E-state index contributed by atoms with van der Waals surface area (Å²) < 4.78 is 8.23. The molecular formula is C13H14N4O2. The van der Waals surface area contributed by atoms with Gasteiger partial charge in [0, 0.05) is 19.7 Å². The van der Waals surface area contributed by atoms with Crippen molar-refractivity contribution in [1.82, 2.24) is 14.3 Å². The summed E-state index contributed by atoms with van der Waals surface area (Å²) in [5.41, 5.74) is 10.0. The Hall–Kier alpha value is -2.50. The van der Waals surface area contributed by atoms with E-state index in [4.69, 9.17) is 10.2 Å². The second kappa shape index (κ2) is 3.74. The minimum absolute atomic E-state index is 0.372. The second-order valence-electron chi connectivity index (χ2n) is 4.58. The number of hydrogen-bond donors (Lipinski definition) is 1. The van der Waals surface area contributed by atoms with Crippen LogP contribution in [0.5, 0.6) is 0 Å². The van der Waals surface area contributed by atoms with Gasteiger partial charge in [0.25, 0.3) is 0 Å². The summed E-state index contributed by atoms with van der Waals surface area (Å²) in [6.45, 7) is 1.91. The number of nitrogens with zero attached hydrogens (tertiary/aromatic N) is 3. The monoisotopic (exact) mass is 258 g/mol. The quantitative estimate of drug-likeness (QED) is 0.716. The number of aromatic nitrogens is 3. The molecule has 2 heterocycles. The zero-order valence-corrected chi connectivity index (χ0v) is 11.0. The van der Waals surface area contributed by atoms with Crippen molar-refractivity contribution in [2.45, 2.75) is 6.92 Å². The van der Waals surface area contributed by atoms with Crippen LogP contribution in [0, 0.1) is 6.92 Å². The van der Waals surface area contributed by atoms with E-state index in [1.165, 1.54) is 4.57 Å². The van der Waals surface area contributed by atoms with E-state index in [0.29, 0.717) is 11.4 Å². The van der Waals surface area contributed by atoms with Gasteiger partial charge in [0.2, 0.25) is 0 Å². The number of anilines is 1. The molecule has 0 aliphatic rings. The molecule has 0 saturated heterocycles. The highest BCUT2D eigenvalue weighted by molar-refractivity contribution is 5.84. The van der Waals surface area contributed by atoms with Crippen LogP contribution in [0.3, 0.4) is 0 Å². The molecule has 0 unspecified atom stereocenters. The zero-order chi connectivity index (χ0) is 13.7. The lowest BCUT2D eigenvalue weighted by Crippen LogP contribution is -2.08. The molecule has 0 atom stereocenters. The molecule has 19 heavy (non-hydrogen) atoms. The summed E-state index contributed by atoms with van der Waals surface area (Å²) in [5.74, 6) is 0.230. The fourth-order valence-corrected chi connectivity index (χ4v) is 2.31. The van der Waals surface area contributed by atoms with Gasteiger partial charge >= 0.3 is 5.76 Å². The van der Waals surface area contributed by atoms with Crippen molar-refractivity contribution in [2.75, 3.05) is 5.73 Å². The molecule has 0 aliphatic heterocycles. The Labute approximate surface area is 109 Å². The first-order valence-electron chi connectivity index (χ1n) is 5.88. The predicted molar refractivity (Wildman–Crippen MR) is 72.8 cm³/mol. The second-order valence-corrected chi connectivity index (χ2v) is 4.58. The van der Waals surface area contributed by atoms with Gasteiger partial charge < -0.3 is 10.2 Å². The molecule has 3 rings (SSSR count). The van der Waals surface area contributed by atoms with Crippen molar-refractivity contribution in [3.8, 4) is 11.1 Å². The Morgan fingerprint density at radius 3 is 2.68 bits per heavy atom. The van der Waals surface area contributed by atoms with E-state index < -0.39 is 0 Å². The van der Waals surface area contributed by atoms with Crippen LogP contribution in [-0.4, -0.2) is 14.3 Å². The van der Waals surface area contributed by atoms with E-state index in [-0.39, 0.29) is 5.76 Å². The number of rotatable bonds is 1. The summed E-state index contributed by atoms with van der Waals surface area (Å²) in [7, 11) is 3.48. The number of benzene rings is 1. The van der Waals surface area contributed by atoms with E-state index in [9.17, 15) is 4.79 Å². The Balaban J connectivity index is 2.31. The van der Waals surface area contributed by atoms with Crippen LogP contribution in [0.15, 0.2) is 27.4 Å². The molecule has 6 heteroatoms. The zero-order valence-electron chi connectivity index (χ0n) is 11.0. The lowest BCUT2D eigenvalue weighted by Gasteiger charge is -2.02. The van der Waals surface area contributed by atoms with Crippen molar-refractivity contribution >= 4 is 16.9 Å². The van der Waals surface area contributed by atoms with E-state index in [2.05, 4.69) is 5.10 Å². The summed E-state index contributed by atoms with van der Waals surface area (Å²) in [4.78, 5) is 11.5. The smallest absolute Gasteiger partial charge is 0.408 e. The van der Waals surface area contributed by atoms with Crippen LogP contribution in [0.4, 0.5) is 5.82 Å². The Bertz CT molecular complexity index is 838. The number of fused-ring (bicyclic) bond motifs is 1. The van der Waals surface area contributed by atoms with Crippen molar-refractivity contribution in [2.24, 2.45) is 14.1 Å². The van der Waals surface area contributed by atoms with E-state index in [1.54, 1.807) is 24.8 Å². The van der Waals surface area contributed by atoms with Gasteiger partial charge in [-0.3, -0.25) is 9.25 Å². The molecule has 2 aromatic heterocycles. The Kier molecular flexibility index (Phi) is 2.28. The van der Waals surface area contributed by atoms with Crippen LogP contribution in [0.1, 0.15) is 5.69 Å². The van der Waals surface area contributed by atoms with Crippen molar-refractivity contribution in [3.05, 3.63) is 34.4 Å². The summed E-state index contributed by atoms with van der Waals surface area (Å²) in [5, 5.41) is 4.29. The van der Waals surface area contributed by atoms with Crippen molar-refractivity contribution < 1.29 is 4.42 Å². The number of hydrogen-bond acceptors (Lipinski definition) is 4. The highest BCUT2D eigenvalue weighted by atomic mass is 16.4. The maximum atomic E-state index is 11.5. The average Bonchev–Trinajstić information content (AvgIpc) is 2.78. The molecule has 98 valence electrons. The molecular weight excluding hydrogens is 244 g/mol. The summed E-state index contributed by atoms with van der Waals surface area (Å²) in [6, 6.07) is 5.55. The van der Waals surface area contributed by atoms with Gasteiger partial charge in [-0.15, -0.1) is 0 Å². The standard InChI is InChI=1S/C13H14N4O2/c1-7-11(12(14)17(3)15-7)8-4-5-10-9(6-8)16(2)13(18)19-10/h4-6H,14H2,1-3H3. The maximum Gasteiger partial charge on any atom is 0.419 e. The van der Waals surface area contributed by atoms with Crippen molar-refractivity contribution in [1.29, 1.82) is 0 Å². The van der Waals surface area contributed by atoms with E-state index in [0.717, 1.165) is 22.3 Å². The molecule has 0 spiro atoms. The normalized spacial score (nSPS) is 11.3. The van der Waals surface area contributed by atoms with Gasteiger partial charge in [0.15, 0.2) is 5.58 Å². The third-order valence-corrected chi connectivity index (χ3v) is 3.35. The van der Waals surface area contributed by atoms with Crippen LogP contribution < -0.4 is 11.5 Å². The van der Waals surface area contributed by atoms with Gasteiger partial charge in [-0.1, -0.05) is 6.07 Å². The SMILES string of the molecule is Cc1nn(C)c(N)c1-c1ccc2oc(=O)n(C)c2c1. The first-order chi connectivity index (χ1) is 8.99. The first-order valence-corrected chi connectivity index (χ1v) is 5.88. The number of oxazole rings is 1. The number of nitrogen functional groups attached to an aromatic ring is 1. The van der Waals surface area contributed by atoms with Crippen molar-refractivity contribution in [3.63, 3.8) is 0 Å². The lowest BCUT2D eigenvalue weighted by atomic mass is 10.1. The van der Waals surface area contributed by atoms with Gasteiger partial charge in [-0.2, -0.15) is 5.10 Å². The molecule has 6 nitrogen and oxygen atoms in total. The molecule has 0 radical (unpaired) electrons. The fourth-order valence-electron chi connectivity index (χ4n) is 2.31. The molecule has 0 aliphatic carbocycles. The van der Waals surface area contributed by atoms with Gasteiger partial charge in [-0.05, 0) is 24.6 Å². The summed E-state index contributed by atoms with van der Waals surface area (Å²) in [6.07, 6.45) is 0. The number of aryl methyl sites for hydroxylation is 3. The molecule has 3 aromatic rings. The van der Waals surface area contributed by atoms with Gasteiger partial charge in [-0.25, -0.2) is 4.79 Å². The summed E-state index contributed by atoms with van der Waals surface area (Å²) >= 11 is 0. The molecule has 0 bridgehead atoms. The molecule has 1 aromatic carbocycles. The Morgan fingerprint density at radius 1 is 1.32 bits per heavy atom. The van der Waals surface area contributed by atoms with Gasteiger partial charge in [0.1, 0.15) is 5.82 Å². The highest BCUT2D eigenvalue weighted by Gasteiger charge is 2.14. The molecule has 0 amide bonds. The van der Waals surface area contributed by atoms with Crippen LogP contribution in [0.25, 0.3) is 22.2 Å². The van der Waals surface area contributed by atoms with E-state index in [1.807, 2.05) is 19.1 Å². The fraction of sp³-hybridized carbons (Fsp3) is 0.231. The van der Waals surface area contributed by atoms with Crippen LogP contribution in [0.2, 0.25) is 0 Å². The largest absolute Gasteiger partial charge is 0.419 e. The number of nitrogens with two attached hydrogens (primary N) is 1. The topological polar surface area (TPSA) is 79.0 Å². The third kappa shape index (κ3) is 1.56.